The quantitative estimate of drug-likeness (QED) is 0.0243. The molecule has 3 N–H and O–H groups in total. The van der Waals surface area contributed by atoms with Crippen LogP contribution in [0.5, 0.6) is 0 Å². The van der Waals surface area contributed by atoms with Gasteiger partial charge >= 0.3 is 7.82 Å². The minimum absolute atomic E-state index is 0.0556. The SMILES string of the molecule is CC/C=C\C/C=C\C/C=C\C/C=C\C/C=C\C/C=C\C/C=C\C/C=C\CCCCCCCCCCCCCCC(=O)NC(COP(=O)(O)OCC[N+](C)(C)C)C(O)/C=C/CCCCC. The Hall–Kier alpha value is -2.84. The maximum Gasteiger partial charge on any atom is 0.472 e. The van der Waals surface area contributed by atoms with Crippen LogP contribution < -0.4 is 5.32 Å². The lowest BCUT2D eigenvalue weighted by molar-refractivity contribution is -0.870. The van der Waals surface area contributed by atoms with Crippen LogP contribution in [0.15, 0.2) is 109 Å². The molecule has 0 aromatic heterocycles. The molecule has 9 heteroatoms. The zero-order chi connectivity index (χ0) is 47.1. The summed E-state index contributed by atoms with van der Waals surface area (Å²) in [6, 6.07) is -0.849. The van der Waals surface area contributed by atoms with Gasteiger partial charge in [0.05, 0.1) is 39.9 Å². The summed E-state index contributed by atoms with van der Waals surface area (Å²) in [5, 5.41) is 13.6. The molecule has 0 saturated carbocycles. The van der Waals surface area contributed by atoms with Crippen LogP contribution in [0.2, 0.25) is 0 Å². The Balaban J connectivity index is 3.91. The third-order valence-corrected chi connectivity index (χ3v) is 11.5. The highest BCUT2D eigenvalue weighted by atomic mass is 31.2. The van der Waals surface area contributed by atoms with Crippen LogP contribution >= 0.6 is 7.82 Å². The number of aliphatic hydroxyl groups excluding tert-OH is 1. The van der Waals surface area contributed by atoms with Crippen molar-refractivity contribution in [1.82, 2.24) is 5.32 Å². The molecule has 0 aliphatic carbocycles. The molecule has 0 aromatic rings. The van der Waals surface area contributed by atoms with Crippen LogP contribution in [0.1, 0.15) is 181 Å². The Morgan fingerprint density at radius 3 is 1.38 bits per heavy atom. The predicted molar refractivity (Wildman–Crippen MR) is 276 cm³/mol. The number of nitrogens with zero attached hydrogens (tertiary/aromatic N) is 1. The molecular weight excluding hydrogens is 816 g/mol. The second-order valence-corrected chi connectivity index (χ2v) is 19.3. The fourth-order valence-corrected chi connectivity index (χ4v) is 7.26. The summed E-state index contributed by atoms with van der Waals surface area (Å²) in [5.74, 6) is -0.192. The van der Waals surface area contributed by atoms with E-state index in [9.17, 15) is 19.4 Å². The Labute approximate surface area is 393 Å². The van der Waals surface area contributed by atoms with Crippen molar-refractivity contribution in [3.63, 3.8) is 0 Å². The average Bonchev–Trinajstić information content (AvgIpc) is 3.25. The number of hydrogen-bond acceptors (Lipinski definition) is 5. The van der Waals surface area contributed by atoms with Gasteiger partial charge in [-0.3, -0.25) is 13.8 Å². The lowest BCUT2D eigenvalue weighted by Gasteiger charge is -2.25. The fraction of sp³-hybridized carbons (Fsp3) is 0.655. The summed E-state index contributed by atoms with van der Waals surface area (Å²) in [6.45, 7) is 4.56. The van der Waals surface area contributed by atoms with Gasteiger partial charge < -0.3 is 19.8 Å². The third-order valence-electron chi connectivity index (χ3n) is 10.5. The van der Waals surface area contributed by atoms with Gasteiger partial charge in [0.15, 0.2) is 0 Å². The maximum atomic E-state index is 12.8. The van der Waals surface area contributed by atoms with Crippen molar-refractivity contribution in [2.45, 2.75) is 193 Å². The van der Waals surface area contributed by atoms with Crippen LogP contribution in [-0.4, -0.2) is 73.4 Å². The highest BCUT2D eigenvalue weighted by Crippen LogP contribution is 2.43. The number of rotatable bonds is 44. The van der Waals surface area contributed by atoms with E-state index in [2.05, 4.69) is 116 Å². The van der Waals surface area contributed by atoms with Gasteiger partial charge in [0, 0.05) is 6.42 Å². The number of aliphatic hydroxyl groups is 1. The van der Waals surface area contributed by atoms with Gasteiger partial charge in [-0.05, 0) is 83.5 Å². The van der Waals surface area contributed by atoms with Gasteiger partial charge in [-0.1, -0.05) is 200 Å². The first-order valence-electron chi connectivity index (χ1n) is 25.3. The van der Waals surface area contributed by atoms with Crippen molar-refractivity contribution in [3.05, 3.63) is 109 Å². The van der Waals surface area contributed by atoms with Gasteiger partial charge in [0.25, 0.3) is 0 Å². The molecule has 0 heterocycles. The van der Waals surface area contributed by atoms with E-state index in [1.165, 1.54) is 64.2 Å². The van der Waals surface area contributed by atoms with Crippen molar-refractivity contribution in [2.75, 3.05) is 40.9 Å². The molecule has 0 aromatic carbocycles. The minimum Gasteiger partial charge on any atom is -0.387 e. The number of amides is 1. The second-order valence-electron chi connectivity index (χ2n) is 17.8. The number of carbonyl (C=O) groups is 1. The van der Waals surface area contributed by atoms with Crippen molar-refractivity contribution >= 4 is 13.7 Å². The Morgan fingerprint density at radius 1 is 0.547 bits per heavy atom. The number of phosphoric ester groups is 1. The highest BCUT2D eigenvalue weighted by molar-refractivity contribution is 7.47. The van der Waals surface area contributed by atoms with Gasteiger partial charge in [-0.25, -0.2) is 4.57 Å². The average molecular weight is 912 g/mol. The summed E-state index contributed by atoms with van der Waals surface area (Å²) < 4.78 is 23.4. The van der Waals surface area contributed by atoms with Crippen molar-refractivity contribution in [1.29, 1.82) is 0 Å². The fourth-order valence-electron chi connectivity index (χ4n) is 6.53. The Kier molecular flexibility index (Phi) is 43.3. The molecule has 0 rings (SSSR count). The van der Waals surface area contributed by atoms with E-state index in [4.69, 9.17) is 9.05 Å². The Bertz CT molecular complexity index is 1400. The van der Waals surface area contributed by atoms with E-state index >= 15 is 0 Å². The van der Waals surface area contributed by atoms with Gasteiger partial charge in [0.2, 0.25) is 5.91 Å². The highest BCUT2D eigenvalue weighted by Gasteiger charge is 2.27. The van der Waals surface area contributed by atoms with Crippen LogP contribution in [0, 0.1) is 0 Å². The number of unbranched alkanes of at least 4 members (excludes halogenated alkanes) is 15. The molecule has 0 saturated heterocycles. The molecule has 0 radical (unpaired) electrons. The molecule has 8 nitrogen and oxygen atoms in total. The normalized spacial score (nSPS) is 15.0. The number of allylic oxidation sites excluding steroid dienone is 17. The number of phosphoric acid groups is 1. The monoisotopic (exact) mass is 912 g/mol. The molecule has 64 heavy (non-hydrogen) atoms. The smallest absolute Gasteiger partial charge is 0.387 e. The first kappa shape index (κ1) is 61.2. The summed E-state index contributed by atoms with van der Waals surface area (Å²) in [5.41, 5.74) is 0. The summed E-state index contributed by atoms with van der Waals surface area (Å²) >= 11 is 0. The van der Waals surface area contributed by atoms with E-state index in [-0.39, 0.29) is 19.1 Å². The van der Waals surface area contributed by atoms with Crippen LogP contribution in [0.4, 0.5) is 0 Å². The van der Waals surface area contributed by atoms with E-state index < -0.39 is 20.0 Å². The van der Waals surface area contributed by atoms with Crippen LogP contribution in [0.25, 0.3) is 0 Å². The molecule has 0 aliphatic heterocycles. The van der Waals surface area contributed by atoms with E-state index in [1.54, 1.807) is 6.08 Å². The molecule has 0 bridgehead atoms. The first-order chi connectivity index (χ1) is 31.0. The summed E-state index contributed by atoms with van der Waals surface area (Å²) in [6.07, 6.45) is 66.6. The molecule has 0 fully saturated rings. The number of hydrogen-bond donors (Lipinski definition) is 3. The molecular formula is C55H96N2O6P+. The van der Waals surface area contributed by atoms with Gasteiger partial charge in [0.1, 0.15) is 13.2 Å². The molecule has 0 aliphatic rings. The zero-order valence-corrected chi connectivity index (χ0v) is 42.4. The van der Waals surface area contributed by atoms with E-state index in [1.807, 2.05) is 27.2 Å². The zero-order valence-electron chi connectivity index (χ0n) is 41.5. The number of likely N-dealkylation sites (N-methyl/N-ethyl adjacent to an activating group) is 1. The lowest BCUT2D eigenvalue weighted by atomic mass is 10.0. The summed E-state index contributed by atoms with van der Waals surface area (Å²) in [4.78, 5) is 23.0. The predicted octanol–water partition coefficient (Wildman–Crippen LogP) is 14.9. The van der Waals surface area contributed by atoms with E-state index in [0.29, 0.717) is 17.4 Å². The van der Waals surface area contributed by atoms with Crippen molar-refractivity contribution in [3.8, 4) is 0 Å². The Morgan fingerprint density at radius 2 is 0.938 bits per heavy atom. The third kappa shape index (κ3) is 47.1. The molecule has 3 atom stereocenters. The molecule has 1 amide bonds. The number of quaternary nitrogens is 1. The molecule has 366 valence electrons. The largest absolute Gasteiger partial charge is 0.472 e. The molecule has 3 unspecified atom stereocenters. The minimum atomic E-state index is -4.33. The van der Waals surface area contributed by atoms with Crippen LogP contribution in [-0.2, 0) is 18.4 Å². The van der Waals surface area contributed by atoms with Crippen molar-refractivity contribution in [2.24, 2.45) is 0 Å². The topological polar surface area (TPSA) is 105 Å². The number of nitrogens with one attached hydrogen (secondary N) is 1. The maximum absolute atomic E-state index is 12.8. The second kappa shape index (κ2) is 45.3. The van der Waals surface area contributed by atoms with Crippen molar-refractivity contribution < 1.29 is 32.9 Å². The standard InChI is InChI=1S/C55H95N2O6P/c1-6-8-10-12-13-14-15-16-17-18-19-20-21-22-23-24-25-26-27-28-29-30-31-32-33-34-35-36-37-38-39-40-41-42-43-45-47-49-55(59)56-53(54(58)48-46-44-11-9-7-2)52-63-64(60,61)62-51-50-57(3,4)5/h8,10,13-14,16-17,19-20,22-23,25-26,28-29,31-32,46,48,53-54,58H,6-7,9,11-12,15,18,21,24,27,30,33-45,47,49-52H2,1-5H3,(H-,56,59,60,61)/p+1/b10-8-,14-13-,17-16-,20-19-,23-22-,26-25-,29-28-,32-31-,48-46+. The van der Waals surface area contributed by atoms with E-state index in [0.717, 1.165) is 96.3 Å². The van der Waals surface area contributed by atoms with Crippen LogP contribution in [0.3, 0.4) is 0 Å². The molecule has 0 spiro atoms. The summed E-state index contributed by atoms with van der Waals surface area (Å²) in [7, 11) is 1.55. The van der Waals surface area contributed by atoms with Gasteiger partial charge in [-0.2, -0.15) is 0 Å². The first-order valence-corrected chi connectivity index (χ1v) is 26.8. The lowest BCUT2D eigenvalue weighted by Crippen LogP contribution is -2.45. The van der Waals surface area contributed by atoms with Gasteiger partial charge in [-0.15, -0.1) is 0 Å². The number of carbonyl (C=O) groups excluding carboxylic acids is 1.